The highest BCUT2D eigenvalue weighted by atomic mass is 31.3. The topological polar surface area (TPSA) is 80.3 Å². The molecule has 29 heavy (non-hydrogen) atoms. The zero-order valence-electron chi connectivity index (χ0n) is 19.8. The molecule has 0 aromatic carbocycles. The molecule has 0 fully saturated rings. The maximum atomic E-state index is 13.3. The van der Waals surface area contributed by atoms with Crippen molar-refractivity contribution in [3.8, 4) is 0 Å². The van der Waals surface area contributed by atoms with Crippen LogP contribution in [0.1, 0.15) is 93.9 Å². The Balaban J connectivity index is 5.32. The summed E-state index contributed by atoms with van der Waals surface area (Å²) in [5, 5.41) is 0. The van der Waals surface area contributed by atoms with E-state index in [0.29, 0.717) is 12.8 Å². The highest BCUT2D eigenvalue weighted by molar-refractivity contribution is 7.62. The normalized spacial score (nSPS) is 17.1. The van der Waals surface area contributed by atoms with E-state index in [2.05, 4.69) is 13.8 Å². The van der Waals surface area contributed by atoms with Crippen LogP contribution in [0.5, 0.6) is 0 Å². The molecule has 0 aliphatic rings. The second-order valence-corrected chi connectivity index (χ2v) is 13.2. The number of unbranched alkanes of at least 4 members (excludes halogenated alkanes) is 4. The van der Waals surface area contributed by atoms with Gasteiger partial charge in [0.1, 0.15) is 0 Å². The first kappa shape index (κ1) is 29.3. The minimum absolute atomic E-state index is 0.118. The Morgan fingerprint density at radius 3 is 1.21 bits per heavy atom. The fraction of sp³-hybridized carbons (Fsp3) is 1.00. The van der Waals surface area contributed by atoms with E-state index in [4.69, 9.17) is 22.4 Å². The Kier molecular flexibility index (Phi) is 13.7. The van der Waals surface area contributed by atoms with Crippen LogP contribution in [0.4, 0.5) is 0 Å². The molecule has 0 radical (unpaired) electrons. The molecule has 0 N–H and O–H groups in total. The van der Waals surface area contributed by atoms with Crippen molar-refractivity contribution >= 4 is 15.6 Å². The van der Waals surface area contributed by atoms with Crippen LogP contribution >= 0.6 is 15.6 Å². The number of phosphoric ester groups is 2. The Morgan fingerprint density at radius 2 is 0.931 bits per heavy atom. The van der Waals surface area contributed by atoms with Crippen LogP contribution in [-0.2, 0) is 31.5 Å². The molecule has 2 unspecified atom stereocenters. The third-order valence-electron chi connectivity index (χ3n) is 3.51. The van der Waals surface area contributed by atoms with E-state index >= 15 is 0 Å². The van der Waals surface area contributed by atoms with Gasteiger partial charge in [0.25, 0.3) is 0 Å². The van der Waals surface area contributed by atoms with Crippen LogP contribution in [0.25, 0.3) is 0 Å². The predicted molar refractivity (Wildman–Crippen MR) is 118 cm³/mol. The van der Waals surface area contributed by atoms with E-state index in [1.54, 1.807) is 0 Å². The lowest BCUT2D eigenvalue weighted by molar-refractivity contribution is 0.0766. The first-order valence-electron chi connectivity index (χ1n) is 10.7. The van der Waals surface area contributed by atoms with E-state index < -0.39 is 15.6 Å². The number of hydrogen-bond acceptors (Lipinski definition) is 7. The van der Waals surface area contributed by atoms with Crippen molar-refractivity contribution in [2.75, 3.05) is 26.4 Å². The lowest BCUT2D eigenvalue weighted by Gasteiger charge is -2.27. The van der Waals surface area contributed by atoms with Gasteiger partial charge in [-0.2, -0.15) is 4.31 Å². The van der Waals surface area contributed by atoms with Crippen molar-refractivity contribution in [1.82, 2.24) is 0 Å². The molecule has 7 nitrogen and oxygen atoms in total. The number of rotatable bonds is 16. The molecule has 9 heteroatoms. The average molecular weight is 459 g/mol. The van der Waals surface area contributed by atoms with E-state index in [1.807, 2.05) is 41.5 Å². The van der Waals surface area contributed by atoms with Crippen molar-refractivity contribution < 1.29 is 31.5 Å². The first-order chi connectivity index (χ1) is 13.2. The Bertz CT molecular complexity index is 478. The lowest BCUT2D eigenvalue weighted by Crippen LogP contribution is -2.17. The number of hydrogen-bond donors (Lipinski definition) is 0. The largest absolute Gasteiger partial charge is 0.483 e. The zero-order valence-corrected chi connectivity index (χ0v) is 21.6. The molecule has 0 saturated heterocycles. The molecule has 0 heterocycles. The summed E-state index contributed by atoms with van der Waals surface area (Å²) in [5.74, 6) is 0. The van der Waals surface area contributed by atoms with Crippen molar-refractivity contribution in [2.24, 2.45) is 10.8 Å². The summed E-state index contributed by atoms with van der Waals surface area (Å²) in [5.41, 5.74) is -0.548. The third kappa shape index (κ3) is 16.6. The Hall–Kier alpha value is 0.260. The molecule has 0 aliphatic heterocycles. The minimum Gasteiger partial charge on any atom is -0.287 e. The summed E-state index contributed by atoms with van der Waals surface area (Å²) in [6, 6.07) is 0. The maximum Gasteiger partial charge on any atom is 0.483 e. The summed E-state index contributed by atoms with van der Waals surface area (Å²) in [6.07, 6.45) is 5.23. The van der Waals surface area contributed by atoms with Crippen molar-refractivity contribution in [1.29, 1.82) is 0 Å². The van der Waals surface area contributed by atoms with Gasteiger partial charge in [-0.15, -0.1) is 0 Å². The van der Waals surface area contributed by atoms with Gasteiger partial charge < -0.3 is 0 Å². The van der Waals surface area contributed by atoms with E-state index in [9.17, 15) is 9.13 Å². The molecule has 0 bridgehead atoms. The van der Waals surface area contributed by atoms with Gasteiger partial charge in [0.05, 0.1) is 26.4 Å². The molecule has 0 aromatic heterocycles. The maximum absolute atomic E-state index is 13.3. The van der Waals surface area contributed by atoms with Gasteiger partial charge in [-0.3, -0.25) is 18.1 Å². The fourth-order valence-corrected chi connectivity index (χ4v) is 5.57. The average Bonchev–Trinajstić information content (AvgIpc) is 2.58. The van der Waals surface area contributed by atoms with Gasteiger partial charge in [-0.05, 0) is 23.7 Å². The van der Waals surface area contributed by atoms with Crippen LogP contribution in [0.15, 0.2) is 0 Å². The second-order valence-electron chi connectivity index (χ2n) is 9.72. The van der Waals surface area contributed by atoms with Gasteiger partial charge >= 0.3 is 15.6 Å². The summed E-state index contributed by atoms with van der Waals surface area (Å²) < 4.78 is 53.8. The van der Waals surface area contributed by atoms with Crippen molar-refractivity contribution in [3.05, 3.63) is 0 Å². The summed E-state index contributed by atoms with van der Waals surface area (Å²) in [7, 11) is -8.26. The van der Waals surface area contributed by atoms with Crippen molar-refractivity contribution in [2.45, 2.75) is 93.9 Å². The Labute approximate surface area is 178 Å². The van der Waals surface area contributed by atoms with Crippen LogP contribution < -0.4 is 0 Å². The quantitative estimate of drug-likeness (QED) is 0.173. The van der Waals surface area contributed by atoms with E-state index in [-0.39, 0.29) is 37.3 Å². The molecule has 0 spiro atoms. The van der Waals surface area contributed by atoms with Gasteiger partial charge in [0.15, 0.2) is 0 Å². The van der Waals surface area contributed by atoms with E-state index in [1.165, 1.54) is 0 Å². The fourth-order valence-electron chi connectivity index (χ4n) is 1.89. The molecule has 0 aliphatic carbocycles. The van der Waals surface area contributed by atoms with Crippen LogP contribution in [0, 0.1) is 10.8 Å². The summed E-state index contributed by atoms with van der Waals surface area (Å²) >= 11 is 0. The Morgan fingerprint density at radius 1 is 0.586 bits per heavy atom. The van der Waals surface area contributed by atoms with E-state index in [0.717, 1.165) is 25.7 Å². The highest BCUT2D eigenvalue weighted by Gasteiger charge is 2.42. The lowest BCUT2D eigenvalue weighted by atomic mass is 9.99. The van der Waals surface area contributed by atoms with Crippen LogP contribution in [0.2, 0.25) is 0 Å². The van der Waals surface area contributed by atoms with Gasteiger partial charge in [-0.25, -0.2) is 9.13 Å². The zero-order chi connectivity index (χ0) is 22.6. The van der Waals surface area contributed by atoms with Crippen LogP contribution in [0.3, 0.4) is 0 Å². The molecule has 0 rings (SSSR count). The smallest absolute Gasteiger partial charge is 0.287 e. The minimum atomic E-state index is -4.13. The molecular formula is C20H44O7P2. The number of phosphoric acid groups is 2. The summed E-state index contributed by atoms with van der Waals surface area (Å²) in [6.45, 7) is 16.3. The second kappa shape index (κ2) is 13.6. The van der Waals surface area contributed by atoms with Crippen LogP contribution in [-0.4, -0.2) is 26.4 Å². The molecule has 2 atom stereocenters. The summed E-state index contributed by atoms with van der Waals surface area (Å²) in [4.78, 5) is 0. The molecule has 176 valence electrons. The van der Waals surface area contributed by atoms with Crippen molar-refractivity contribution in [3.63, 3.8) is 0 Å². The predicted octanol–water partition coefficient (Wildman–Crippen LogP) is 7.76. The molecule has 0 amide bonds. The van der Waals surface area contributed by atoms with Gasteiger partial charge in [0.2, 0.25) is 0 Å². The monoisotopic (exact) mass is 458 g/mol. The third-order valence-corrected chi connectivity index (χ3v) is 6.99. The van der Waals surface area contributed by atoms with Gasteiger partial charge in [0, 0.05) is 0 Å². The first-order valence-corrected chi connectivity index (χ1v) is 13.7. The molecule has 0 saturated carbocycles. The SMILES string of the molecule is CCCCCOP(=O)(OCC(C)(C)C)OP(=O)(OCCCCC)OCC(C)(C)C. The standard InChI is InChI=1S/C20H44O7P2/c1-9-11-13-15-23-28(21,25-17-19(3,4)5)27-29(22,24-16-14-12-10-2)26-18-20(6,7)8/h9-18H2,1-8H3. The highest BCUT2D eigenvalue weighted by Crippen LogP contribution is 2.66. The molecule has 0 aromatic rings. The molecular weight excluding hydrogens is 414 g/mol. The van der Waals surface area contributed by atoms with Gasteiger partial charge in [-0.1, -0.05) is 81.1 Å².